The molecule has 2 aliphatic rings. The first-order chi connectivity index (χ1) is 13.1. The maximum Gasteiger partial charge on any atom is 0.338 e. The van der Waals surface area contributed by atoms with E-state index in [2.05, 4.69) is 0 Å². The lowest BCUT2D eigenvalue weighted by Gasteiger charge is -2.37. The zero-order valence-corrected chi connectivity index (χ0v) is 15.4. The van der Waals surface area contributed by atoms with Crippen LogP contribution in [-0.4, -0.2) is 24.0 Å². The van der Waals surface area contributed by atoms with E-state index in [1.165, 1.54) is 6.26 Å². The third-order valence-corrected chi connectivity index (χ3v) is 5.48. The predicted octanol–water partition coefficient (Wildman–Crippen LogP) is 4.67. The van der Waals surface area contributed by atoms with Gasteiger partial charge in [0, 0.05) is 17.0 Å². The van der Waals surface area contributed by atoms with E-state index < -0.39 is 0 Å². The Bertz CT molecular complexity index is 890. The highest BCUT2D eigenvalue weighted by atomic mass is 35.5. The van der Waals surface area contributed by atoms with Crippen molar-refractivity contribution in [2.45, 2.75) is 31.5 Å². The second-order valence-corrected chi connectivity index (χ2v) is 7.27. The molecule has 0 saturated heterocycles. The summed E-state index contributed by atoms with van der Waals surface area (Å²) in [4.78, 5) is 25.2. The van der Waals surface area contributed by atoms with Crippen LogP contribution in [0.2, 0.25) is 5.02 Å². The maximum atomic E-state index is 12.9. The molecule has 2 aromatic carbocycles. The number of esters is 1. The minimum atomic E-state index is -0.339. The first-order valence-corrected chi connectivity index (χ1v) is 9.42. The molecule has 0 radical (unpaired) electrons. The van der Waals surface area contributed by atoms with Crippen LogP contribution in [0.25, 0.3) is 5.57 Å². The SMILES string of the molecule is O=C(OC1CCC2C(=O)C(c3ccccc3Cl)=COC2C1)c1ccccc1. The fourth-order valence-corrected chi connectivity index (χ4v) is 3.97. The van der Waals surface area contributed by atoms with Gasteiger partial charge in [-0.2, -0.15) is 0 Å². The van der Waals surface area contributed by atoms with Gasteiger partial charge >= 0.3 is 5.97 Å². The van der Waals surface area contributed by atoms with Gasteiger partial charge in [-0.05, 0) is 31.0 Å². The molecule has 4 rings (SSSR count). The van der Waals surface area contributed by atoms with Crippen LogP contribution in [0.1, 0.15) is 35.2 Å². The molecule has 1 fully saturated rings. The van der Waals surface area contributed by atoms with Crippen molar-refractivity contribution in [3.8, 4) is 0 Å². The fourth-order valence-electron chi connectivity index (χ4n) is 3.73. The van der Waals surface area contributed by atoms with E-state index in [-0.39, 0.29) is 29.9 Å². The van der Waals surface area contributed by atoms with Gasteiger partial charge < -0.3 is 9.47 Å². The Morgan fingerprint density at radius 1 is 1.04 bits per heavy atom. The van der Waals surface area contributed by atoms with Crippen LogP contribution in [0.3, 0.4) is 0 Å². The molecule has 1 aliphatic heterocycles. The van der Waals surface area contributed by atoms with Gasteiger partial charge in [-0.1, -0.05) is 48.0 Å². The smallest absolute Gasteiger partial charge is 0.338 e. The summed E-state index contributed by atoms with van der Waals surface area (Å²) in [6.07, 6.45) is 2.77. The first kappa shape index (κ1) is 17.8. The van der Waals surface area contributed by atoms with E-state index in [1.807, 2.05) is 24.3 Å². The maximum absolute atomic E-state index is 12.9. The molecule has 0 N–H and O–H groups in total. The minimum Gasteiger partial charge on any atom is -0.496 e. The van der Waals surface area contributed by atoms with Crippen LogP contribution in [0.15, 0.2) is 60.9 Å². The first-order valence-electron chi connectivity index (χ1n) is 9.04. The standard InChI is InChI=1S/C22H19ClO4/c23-19-9-5-4-8-16(19)18-13-26-20-12-15(10-11-17(20)21(18)24)27-22(25)14-6-2-1-3-7-14/h1-9,13,15,17,20H,10-12H2. The van der Waals surface area contributed by atoms with Crippen LogP contribution in [0, 0.1) is 5.92 Å². The molecule has 0 bridgehead atoms. The van der Waals surface area contributed by atoms with Gasteiger partial charge in [0.05, 0.1) is 23.3 Å². The van der Waals surface area contributed by atoms with Crippen molar-refractivity contribution < 1.29 is 19.1 Å². The van der Waals surface area contributed by atoms with Crippen molar-refractivity contribution in [1.29, 1.82) is 0 Å². The number of benzene rings is 2. The van der Waals surface area contributed by atoms with Gasteiger partial charge in [-0.3, -0.25) is 4.79 Å². The van der Waals surface area contributed by atoms with Gasteiger partial charge in [0.2, 0.25) is 0 Å². The van der Waals surface area contributed by atoms with Crippen LogP contribution in [-0.2, 0) is 14.3 Å². The average Bonchev–Trinajstić information content (AvgIpc) is 2.70. The number of halogens is 1. The second-order valence-electron chi connectivity index (χ2n) is 6.86. The number of rotatable bonds is 3. The largest absolute Gasteiger partial charge is 0.496 e. The van der Waals surface area contributed by atoms with Gasteiger partial charge in [-0.25, -0.2) is 4.79 Å². The second kappa shape index (κ2) is 7.57. The molecule has 3 atom stereocenters. The zero-order valence-electron chi connectivity index (χ0n) is 14.6. The number of ketones is 1. The molecule has 1 saturated carbocycles. The van der Waals surface area contributed by atoms with Crippen LogP contribution >= 0.6 is 11.6 Å². The number of carbonyl (C=O) groups is 2. The van der Waals surface area contributed by atoms with E-state index >= 15 is 0 Å². The topological polar surface area (TPSA) is 52.6 Å². The number of hydrogen-bond acceptors (Lipinski definition) is 4. The van der Waals surface area contributed by atoms with Gasteiger partial charge in [0.25, 0.3) is 0 Å². The summed E-state index contributed by atoms with van der Waals surface area (Å²) in [6, 6.07) is 16.2. The Hall–Kier alpha value is -2.59. The highest BCUT2D eigenvalue weighted by molar-refractivity contribution is 6.35. The average molecular weight is 383 g/mol. The summed E-state index contributed by atoms with van der Waals surface area (Å²) in [5.41, 5.74) is 1.74. The van der Waals surface area contributed by atoms with Crippen molar-refractivity contribution in [3.05, 3.63) is 77.0 Å². The van der Waals surface area contributed by atoms with E-state index in [9.17, 15) is 9.59 Å². The van der Waals surface area contributed by atoms with Crippen LogP contribution in [0.5, 0.6) is 0 Å². The Balaban J connectivity index is 1.45. The lowest BCUT2D eigenvalue weighted by atomic mass is 9.78. The molecule has 138 valence electrons. The van der Waals surface area contributed by atoms with E-state index in [4.69, 9.17) is 21.1 Å². The summed E-state index contributed by atoms with van der Waals surface area (Å²) in [5.74, 6) is -0.520. The van der Waals surface area contributed by atoms with Crippen LogP contribution in [0.4, 0.5) is 0 Å². The molecule has 4 nitrogen and oxygen atoms in total. The number of hydrogen-bond donors (Lipinski definition) is 0. The molecular weight excluding hydrogens is 364 g/mol. The molecule has 0 aromatic heterocycles. The minimum absolute atomic E-state index is 0.0483. The number of ether oxygens (including phenoxy) is 2. The third kappa shape index (κ3) is 3.62. The number of fused-ring (bicyclic) bond motifs is 1. The van der Waals surface area contributed by atoms with Crippen LogP contribution < -0.4 is 0 Å². The molecule has 1 heterocycles. The van der Waals surface area contributed by atoms with E-state index in [1.54, 1.807) is 30.3 Å². The molecule has 5 heteroatoms. The highest BCUT2D eigenvalue weighted by Crippen LogP contribution is 2.38. The molecular formula is C22H19ClO4. The highest BCUT2D eigenvalue weighted by Gasteiger charge is 2.41. The normalized spacial score (nSPS) is 24.4. The van der Waals surface area contributed by atoms with Crippen molar-refractivity contribution in [2.24, 2.45) is 5.92 Å². The van der Waals surface area contributed by atoms with Gasteiger partial charge in [-0.15, -0.1) is 0 Å². The summed E-state index contributed by atoms with van der Waals surface area (Å²) in [7, 11) is 0. The molecule has 3 unspecified atom stereocenters. The Morgan fingerprint density at radius 3 is 2.56 bits per heavy atom. The van der Waals surface area contributed by atoms with Gasteiger partial charge in [0.1, 0.15) is 12.2 Å². The Labute approximate surface area is 162 Å². The lowest BCUT2D eigenvalue weighted by Crippen LogP contribution is -2.42. The fraction of sp³-hybridized carbons (Fsp3) is 0.273. The van der Waals surface area contributed by atoms with Crippen molar-refractivity contribution >= 4 is 28.9 Å². The molecule has 27 heavy (non-hydrogen) atoms. The Kier molecular flexibility index (Phi) is 4.99. The van der Waals surface area contributed by atoms with Crippen molar-refractivity contribution in [1.82, 2.24) is 0 Å². The van der Waals surface area contributed by atoms with Gasteiger partial charge in [0.15, 0.2) is 5.78 Å². The quantitative estimate of drug-likeness (QED) is 0.723. The lowest BCUT2D eigenvalue weighted by molar-refractivity contribution is -0.126. The number of carbonyl (C=O) groups excluding carboxylic acids is 2. The molecule has 1 aliphatic carbocycles. The summed E-state index contributed by atoms with van der Waals surface area (Å²) < 4.78 is 11.5. The summed E-state index contributed by atoms with van der Waals surface area (Å²) in [6.45, 7) is 0. The van der Waals surface area contributed by atoms with Crippen molar-refractivity contribution in [3.63, 3.8) is 0 Å². The van der Waals surface area contributed by atoms with Crippen molar-refractivity contribution in [2.75, 3.05) is 0 Å². The number of Topliss-reactive ketones (excluding diaryl/α,β-unsaturated/α-hetero) is 1. The van der Waals surface area contributed by atoms with E-state index in [0.717, 1.165) is 0 Å². The molecule has 0 spiro atoms. The molecule has 2 aromatic rings. The third-order valence-electron chi connectivity index (χ3n) is 5.15. The summed E-state index contributed by atoms with van der Waals surface area (Å²) in [5, 5.41) is 0.532. The van der Waals surface area contributed by atoms with E-state index in [0.29, 0.717) is 41.0 Å². The Morgan fingerprint density at radius 2 is 1.78 bits per heavy atom. The summed E-state index contributed by atoms with van der Waals surface area (Å²) >= 11 is 6.23. The molecule has 0 amide bonds. The predicted molar refractivity (Wildman–Crippen MR) is 102 cm³/mol. The zero-order chi connectivity index (χ0) is 18.8. The monoisotopic (exact) mass is 382 g/mol. The number of allylic oxidation sites excluding steroid dienone is 1.